The van der Waals surface area contributed by atoms with E-state index in [0.717, 1.165) is 25.0 Å². The molecule has 0 saturated carbocycles. The fourth-order valence-electron chi connectivity index (χ4n) is 4.10. The Morgan fingerprint density at radius 1 is 1.00 bits per heavy atom. The summed E-state index contributed by atoms with van der Waals surface area (Å²) in [6, 6.07) is 17.0. The lowest BCUT2D eigenvalue weighted by molar-refractivity contribution is -0.116. The average Bonchev–Trinajstić information content (AvgIpc) is 3.28. The highest BCUT2D eigenvalue weighted by Gasteiger charge is 2.24. The molecule has 1 N–H and O–H groups in total. The summed E-state index contributed by atoms with van der Waals surface area (Å²) in [4.78, 5) is 28.1. The first-order chi connectivity index (χ1) is 17.6. The molecule has 0 spiro atoms. The number of nitrogens with one attached hydrogen (secondary N) is 1. The van der Waals surface area contributed by atoms with Crippen molar-refractivity contribution < 1.29 is 9.59 Å². The summed E-state index contributed by atoms with van der Waals surface area (Å²) in [5, 5.41) is 8.24. The number of hydrogen-bond donors (Lipinski definition) is 1. The summed E-state index contributed by atoms with van der Waals surface area (Å²) >= 11 is 6.45. The van der Waals surface area contributed by atoms with Gasteiger partial charge in [0.25, 0.3) is 5.91 Å². The number of para-hydroxylation sites is 1. The van der Waals surface area contributed by atoms with E-state index in [0.29, 0.717) is 28.6 Å². The van der Waals surface area contributed by atoms with Crippen LogP contribution in [0.25, 0.3) is 5.69 Å². The van der Waals surface area contributed by atoms with Crippen LogP contribution >= 0.6 is 11.6 Å². The molecule has 0 fully saturated rings. The number of halogens is 1. The quantitative estimate of drug-likeness (QED) is 0.274. The maximum Gasteiger partial charge on any atom is 0.254 e. The number of benzene rings is 2. The number of aromatic nitrogens is 2. The van der Waals surface area contributed by atoms with Crippen LogP contribution in [0.3, 0.4) is 0 Å². The molecular formula is C30H39ClN4O2. The molecule has 0 unspecified atom stereocenters. The lowest BCUT2D eigenvalue weighted by Crippen LogP contribution is -2.38. The molecule has 0 aliphatic carbocycles. The van der Waals surface area contributed by atoms with E-state index >= 15 is 0 Å². The van der Waals surface area contributed by atoms with Gasteiger partial charge in [-0.25, -0.2) is 4.68 Å². The van der Waals surface area contributed by atoms with E-state index < -0.39 is 0 Å². The monoisotopic (exact) mass is 522 g/mol. The number of unbranched alkanes of at least 4 members (excludes halogenated alkanes) is 2. The number of rotatable bonds is 11. The first-order valence-electron chi connectivity index (χ1n) is 13.2. The van der Waals surface area contributed by atoms with Gasteiger partial charge in [-0.15, -0.1) is 0 Å². The molecule has 2 aromatic carbocycles. The van der Waals surface area contributed by atoms with Gasteiger partial charge in [-0.05, 0) is 49.1 Å². The zero-order chi connectivity index (χ0) is 27.0. The standard InChI is InChI=1S/C30H39ClN4O2/c1-6-8-9-12-22-15-17-23(18-16-22)29(37)34(19-7-2)21-28(36)32-27-20-26(30(3,4)5)33-35(27)25-14-11-10-13-24(25)31/h10-11,13-18,20H,6-9,12,19,21H2,1-5H3,(H,32,36). The number of anilines is 1. The Morgan fingerprint density at radius 3 is 2.32 bits per heavy atom. The van der Waals surface area contributed by atoms with Crippen molar-refractivity contribution in [1.29, 1.82) is 0 Å². The predicted octanol–water partition coefficient (Wildman–Crippen LogP) is 7.05. The molecule has 2 amide bonds. The maximum absolute atomic E-state index is 13.3. The van der Waals surface area contributed by atoms with Gasteiger partial charge in [0.2, 0.25) is 5.91 Å². The van der Waals surface area contributed by atoms with Gasteiger partial charge in [0.1, 0.15) is 12.4 Å². The number of amides is 2. The second-order valence-electron chi connectivity index (χ2n) is 10.5. The van der Waals surface area contributed by atoms with Gasteiger partial charge in [0, 0.05) is 23.6 Å². The summed E-state index contributed by atoms with van der Waals surface area (Å²) in [5.41, 5.74) is 3.10. The van der Waals surface area contributed by atoms with Crippen LogP contribution in [-0.4, -0.2) is 39.6 Å². The van der Waals surface area contributed by atoms with Crippen molar-refractivity contribution >= 4 is 29.2 Å². The first-order valence-corrected chi connectivity index (χ1v) is 13.5. The zero-order valence-corrected chi connectivity index (χ0v) is 23.4. The van der Waals surface area contributed by atoms with Crippen molar-refractivity contribution in [1.82, 2.24) is 14.7 Å². The molecule has 0 bridgehead atoms. The molecule has 7 heteroatoms. The topological polar surface area (TPSA) is 67.2 Å². The van der Waals surface area contributed by atoms with E-state index in [1.54, 1.807) is 15.6 Å². The Bertz CT molecular complexity index is 1200. The third-order valence-electron chi connectivity index (χ3n) is 6.21. The van der Waals surface area contributed by atoms with Crippen molar-refractivity contribution in [3.8, 4) is 5.69 Å². The van der Waals surface area contributed by atoms with Gasteiger partial charge in [0.15, 0.2) is 0 Å². The van der Waals surface area contributed by atoms with E-state index in [2.05, 4.69) is 33.0 Å². The number of hydrogen-bond acceptors (Lipinski definition) is 3. The van der Waals surface area contributed by atoms with Crippen LogP contribution in [0.5, 0.6) is 0 Å². The molecule has 0 saturated heterocycles. The maximum atomic E-state index is 13.3. The van der Waals surface area contributed by atoms with Crippen LogP contribution < -0.4 is 5.32 Å². The van der Waals surface area contributed by atoms with Gasteiger partial charge in [-0.3, -0.25) is 9.59 Å². The molecule has 37 heavy (non-hydrogen) atoms. The van der Waals surface area contributed by atoms with Crippen molar-refractivity contribution in [2.75, 3.05) is 18.4 Å². The zero-order valence-electron chi connectivity index (χ0n) is 22.7. The van der Waals surface area contributed by atoms with E-state index in [9.17, 15) is 9.59 Å². The van der Waals surface area contributed by atoms with Gasteiger partial charge in [-0.1, -0.05) is 83.3 Å². The Balaban J connectivity index is 1.78. The number of aryl methyl sites for hydroxylation is 1. The van der Waals surface area contributed by atoms with Crippen molar-refractivity contribution in [2.24, 2.45) is 0 Å². The Labute approximate surface area is 226 Å². The van der Waals surface area contributed by atoms with Crippen molar-refractivity contribution in [3.05, 3.63) is 76.4 Å². The average molecular weight is 523 g/mol. The predicted molar refractivity (Wildman–Crippen MR) is 152 cm³/mol. The first kappa shape index (κ1) is 28.5. The molecule has 3 rings (SSSR count). The van der Waals surface area contributed by atoms with E-state index in [4.69, 9.17) is 16.7 Å². The van der Waals surface area contributed by atoms with Gasteiger partial charge in [0.05, 0.1) is 16.4 Å². The molecular weight excluding hydrogens is 484 g/mol. The molecule has 0 aliphatic heterocycles. The van der Waals surface area contributed by atoms with Crippen molar-refractivity contribution in [3.63, 3.8) is 0 Å². The lowest BCUT2D eigenvalue weighted by atomic mass is 9.92. The minimum atomic E-state index is -0.286. The molecule has 0 atom stereocenters. The summed E-state index contributed by atoms with van der Waals surface area (Å²) in [7, 11) is 0. The summed E-state index contributed by atoms with van der Waals surface area (Å²) < 4.78 is 1.66. The molecule has 0 aliphatic rings. The summed E-state index contributed by atoms with van der Waals surface area (Å²) in [6.07, 6.45) is 5.29. The van der Waals surface area contributed by atoms with E-state index in [-0.39, 0.29) is 23.8 Å². The molecule has 1 aromatic heterocycles. The number of carbonyl (C=O) groups is 2. The van der Waals surface area contributed by atoms with Crippen LogP contribution in [0.1, 0.15) is 81.9 Å². The number of nitrogens with zero attached hydrogens (tertiary/aromatic N) is 3. The molecule has 1 heterocycles. The Kier molecular flexibility index (Phi) is 9.93. The molecule has 6 nitrogen and oxygen atoms in total. The van der Waals surface area contributed by atoms with Crippen LogP contribution in [0.4, 0.5) is 5.82 Å². The van der Waals surface area contributed by atoms with Crippen LogP contribution in [0, 0.1) is 0 Å². The number of carbonyl (C=O) groups excluding carboxylic acids is 2. The van der Waals surface area contributed by atoms with Crippen LogP contribution in [0.2, 0.25) is 5.02 Å². The summed E-state index contributed by atoms with van der Waals surface area (Å²) in [6.45, 7) is 10.8. The second-order valence-corrected chi connectivity index (χ2v) is 10.9. The van der Waals surface area contributed by atoms with Gasteiger partial charge >= 0.3 is 0 Å². The normalized spacial score (nSPS) is 11.4. The molecule has 3 aromatic rings. The Morgan fingerprint density at radius 2 is 1.70 bits per heavy atom. The largest absolute Gasteiger partial charge is 0.329 e. The second kappa shape index (κ2) is 12.9. The van der Waals surface area contributed by atoms with Gasteiger partial charge in [-0.2, -0.15) is 5.10 Å². The Hall–Kier alpha value is -3.12. The smallest absolute Gasteiger partial charge is 0.254 e. The minimum Gasteiger partial charge on any atom is -0.329 e. The molecule has 198 valence electrons. The molecule has 0 radical (unpaired) electrons. The third kappa shape index (κ3) is 7.68. The summed E-state index contributed by atoms with van der Waals surface area (Å²) in [5.74, 6) is 0.0853. The fourth-order valence-corrected chi connectivity index (χ4v) is 4.31. The highest BCUT2D eigenvalue weighted by molar-refractivity contribution is 6.32. The van der Waals surface area contributed by atoms with Crippen LogP contribution in [-0.2, 0) is 16.6 Å². The highest BCUT2D eigenvalue weighted by Crippen LogP contribution is 2.29. The SMILES string of the molecule is CCCCCc1ccc(C(=O)N(CCC)CC(=O)Nc2cc(C(C)(C)C)nn2-c2ccccc2Cl)cc1. The van der Waals surface area contributed by atoms with Crippen molar-refractivity contribution in [2.45, 2.75) is 72.1 Å². The van der Waals surface area contributed by atoms with E-state index in [1.807, 2.05) is 55.5 Å². The fraction of sp³-hybridized carbons (Fsp3) is 0.433. The van der Waals surface area contributed by atoms with E-state index in [1.165, 1.54) is 18.4 Å². The van der Waals surface area contributed by atoms with Crippen LogP contribution in [0.15, 0.2) is 54.6 Å². The highest BCUT2D eigenvalue weighted by atomic mass is 35.5. The lowest BCUT2D eigenvalue weighted by Gasteiger charge is -2.22. The third-order valence-corrected chi connectivity index (χ3v) is 6.53. The minimum absolute atomic E-state index is 0.0521. The van der Waals surface area contributed by atoms with Gasteiger partial charge < -0.3 is 10.2 Å².